The topological polar surface area (TPSA) is 58.4 Å². The molecule has 1 aliphatic rings. The molecule has 0 saturated carbocycles. The van der Waals surface area contributed by atoms with Gasteiger partial charge in [0.1, 0.15) is 0 Å². The maximum Gasteiger partial charge on any atom is 0.237 e. The van der Waals surface area contributed by atoms with Gasteiger partial charge >= 0.3 is 0 Å². The maximum absolute atomic E-state index is 12.3. The molecule has 4 unspecified atom stereocenters. The number of carbonyl (C=O) groups excluding carboxylic acids is 1. The fraction of sp³-hybridized carbons (Fsp3) is 0.588. The van der Waals surface area contributed by atoms with E-state index in [1.165, 1.54) is 5.56 Å². The van der Waals surface area contributed by atoms with Crippen molar-refractivity contribution < 1.29 is 4.79 Å². The van der Waals surface area contributed by atoms with E-state index in [0.717, 1.165) is 19.4 Å². The molecule has 1 aromatic rings. The highest BCUT2D eigenvalue weighted by Gasteiger charge is 2.35. The van der Waals surface area contributed by atoms with E-state index in [-0.39, 0.29) is 23.9 Å². The standard InChI is InChI=1S/C17H27N3O/c1-4-12(2)15(18)17(21)19-14-10-11-20(3)16(14)13-8-6-5-7-9-13/h5-9,12,14-16H,4,10-11,18H2,1-3H3,(H,19,21). The minimum absolute atomic E-state index is 0.0226. The Morgan fingerprint density at radius 1 is 1.43 bits per heavy atom. The van der Waals surface area contributed by atoms with Crippen LogP contribution in [0.1, 0.15) is 38.3 Å². The van der Waals surface area contributed by atoms with Crippen LogP contribution >= 0.6 is 0 Å². The number of benzene rings is 1. The van der Waals surface area contributed by atoms with E-state index in [4.69, 9.17) is 5.73 Å². The smallest absolute Gasteiger partial charge is 0.237 e. The summed E-state index contributed by atoms with van der Waals surface area (Å²) in [6.07, 6.45) is 1.89. The normalized spacial score (nSPS) is 25.5. The van der Waals surface area contributed by atoms with E-state index in [0.29, 0.717) is 0 Å². The van der Waals surface area contributed by atoms with Gasteiger partial charge in [-0.15, -0.1) is 0 Å². The van der Waals surface area contributed by atoms with Crippen LogP contribution < -0.4 is 11.1 Å². The average Bonchev–Trinajstić information content (AvgIpc) is 2.87. The van der Waals surface area contributed by atoms with E-state index < -0.39 is 6.04 Å². The SMILES string of the molecule is CCC(C)C(N)C(=O)NC1CCN(C)C1c1ccccc1. The van der Waals surface area contributed by atoms with E-state index in [1.54, 1.807) is 0 Å². The Morgan fingerprint density at radius 3 is 2.71 bits per heavy atom. The molecule has 1 fully saturated rings. The highest BCUT2D eigenvalue weighted by atomic mass is 16.2. The van der Waals surface area contributed by atoms with Crippen LogP contribution in [0, 0.1) is 5.92 Å². The third-order valence-electron chi connectivity index (χ3n) is 4.68. The third kappa shape index (κ3) is 3.63. The van der Waals surface area contributed by atoms with Gasteiger partial charge in [-0.05, 0) is 24.9 Å². The van der Waals surface area contributed by atoms with Gasteiger partial charge in [0, 0.05) is 12.6 Å². The Kier molecular flexibility index (Phi) is 5.37. The molecule has 0 radical (unpaired) electrons. The molecule has 21 heavy (non-hydrogen) atoms. The summed E-state index contributed by atoms with van der Waals surface area (Å²) in [6, 6.07) is 10.3. The van der Waals surface area contributed by atoms with E-state index in [1.807, 2.05) is 25.1 Å². The van der Waals surface area contributed by atoms with Gasteiger partial charge in [-0.1, -0.05) is 50.6 Å². The highest BCUT2D eigenvalue weighted by molar-refractivity contribution is 5.82. The molecular formula is C17H27N3O. The van der Waals surface area contributed by atoms with Crippen molar-refractivity contribution in [3.8, 4) is 0 Å². The van der Waals surface area contributed by atoms with Crippen molar-refractivity contribution in [2.45, 2.75) is 44.8 Å². The Labute approximate surface area is 127 Å². The van der Waals surface area contributed by atoms with Crippen molar-refractivity contribution in [1.82, 2.24) is 10.2 Å². The second kappa shape index (κ2) is 7.05. The molecule has 2 rings (SSSR count). The first-order valence-electron chi connectivity index (χ1n) is 7.85. The van der Waals surface area contributed by atoms with Crippen molar-refractivity contribution >= 4 is 5.91 Å². The molecule has 4 atom stereocenters. The van der Waals surface area contributed by atoms with E-state index in [9.17, 15) is 4.79 Å². The Balaban J connectivity index is 2.07. The van der Waals surface area contributed by atoms with Gasteiger partial charge in [-0.25, -0.2) is 0 Å². The lowest BCUT2D eigenvalue weighted by atomic mass is 9.97. The van der Waals surface area contributed by atoms with Crippen LogP contribution in [0.5, 0.6) is 0 Å². The minimum atomic E-state index is -0.419. The van der Waals surface area contributed by atoms with Crippen molar-refractivity contribution in [1.29, 1.82) is 0 Å². The van der Waals surface area contributed by atoms with Gasteiger partial charge < -0.3 is 11.1 Å². The summed E-state index contributed by atoms with van der Waals surface area (Å²) in [4.78, 5) is 14.6. The van der Waals surface area contributed by atoms with Gasteiger partial charge in [0.2, 0.25) is 5.91 Å². The van der Waals surface area contributed by atoms with E-state index in [2.05, 4.69) is 36.3 Å². The summed E-state index contributed by atoms with van der Waals surface area (Å²) < 4.78 is 0. The maximum atomic E-state index is 12.3. The zero-order valence-corrected chi connectivity index (χ0v) is 13.3. The molecule has 1 aliphatic heterocycles. The van der Waals surface area contributed by atoms with Crippen molar-refractivity contribution in [2.24, 2.45) is 11.7 Å². The molecule has 3 N–H and O–H groups in total. The molecule has 1 heterocycles. The highest BCUT2D eigenvalue weighted by Crippen LogP contribution is 2.30. The molecule has 0 aliphatic carbocycles. The van der Waals surface area contributed by atoms with E-state index >= 15 is 0 Å². The lowest BCUT2D eigenvalue weighted by Crippen LogP contribution is -2.49. The van der Waals surface area contributed by atoms with Crippen LogP contribution in [0.25, 0.3) is 0 Å². The number of rotatable bonds is 5. The van der Waals surface area contributed by atoms with Crippen LogP contribution in [-0.2, 0) is 4.79 Å². The second-order valence-corrected chi connectivity index (χ2v) is 6.15. The molecule has 4 nitrogen and oxygen atoms in total. The summed E-state index contributed by atoms with van der Waals surface area (Å²) in [5.41, 5.74) is 7.29. The summed E-state index contributed by atoms with van der Waals surface area (Å²) >= 11 is 0. The molecule has 116 valence electrons. The summed E-state index contributed by atoms with van der Waals surface area (Å²) in [5, 5.41) is 3.17. The number of likely N-dealkylation sites (tertiary alicyclic amines) is 1. The molecule has 4 heteroatoms. The number of nitrogens with zero attached hydrogens (tertiary/aromatic N) is 1. The van der Waals surface area contributed by atoms with Crippen LogP contribution in [-0.4, -0.2) is 36.5 Å². The number of carbonyl (C=O) groups is 1. The zero-order chi connectivity index (χ0) is 15.4. The molecule has 0 spiro atoms. The molecule has 1 amide bonds. The number of amides is 1. The van der Waals surface area contributed by atoms with Crippen LogP contribution in [0.3, 0.4) is 0 Å². The molecule has 0 aromatic heterocycles. The molecule has 0 bridgehead atoms. The number of hydrogen-bond acceptors (Lipinski definition) is 3. The van der Waals surface area contributed by atoms with Gasteiger partial charge in [-0.2, -0.15) is 0 Å². The van der Waals surface area contributed by atoms with Crippen molar-refractivity contribution in [3.63, 3.8) is 0 Å². The summed E-state index contributed by atoms with van der Waals surface area (Å²) in [5.74, 6) is 0.185. The third-order valence-corrected chi connectivity index (χ3v) is 4.68. The average molecular weight is 289 g/mol. The molecule has 1 saturated heterocycles. The summed E-state index contributed by atoms with van der Waals surface area (Å²) in [7, 11) is 2.11. The number of nitrogens with two attached hydrogens (primary N) is 1. The predicted molar refractivity (Wildman–Crippen MR) is 85.8 cm³/mol. The first kappa shape index (κ1) is 16.0. The lowest BCUT2D eigenvalue weighted by Gasteiger charge is -2.28. The largest absolute Gasteiger partial charge is 0.350 e. The van der Waals surface area contributed by atoms with Gasteiger partial charge in [0.15, 0.2) is 0 Å². The first-order chi connectivity index (χ1) is 10.0. The van der Waals surface area contributed by atoms with Crippen molar-refractivity contribution in [3.05, 3.63) is 35.9 Å². The van der Waals surface area contributed by atoms with Gasteiger partial charge in [0.25, 0.3) is 0 Å². The monoisotopic (exact) mass is 289 g/mol. The Bertz CT molecular complexity index is 462. The predicted octanol–water partition coefficient (Wildman–Crippen LogP) is 1.92. The van der Waals surface area contributed by atoms with Crippen LogP contribution in [0.4, 0.5) is 0 Å². The lowest BCUT2D eigenvalue weighted by molar-refractivity contribution is -0.124. The molecule has 1 aromatic carbocycles. The number of likely N-dealkylation sites (N-methyl/N-ethyl adjacent to an activating group) is 1. The zero-order valence-electron chi connectivity index (χ0n) is 13.3. The Morgan fingerprint density at radius 2 is 2.10 bits per heavy atom. The number of nitrogens with one attached hydrogen (secondary N) is 1. The second-order valence-electron chi connectivity index (χ2n) is 6.15. The fourth-order valence-electron chi connectivity index (χ4n) is 3.03. The quantitative estimate of drug-likeness (QED) is 0.870. The first-order valence-corrected chi connectivity index (χ1v) is 7.85. The van der Waals surface area contributed by atoms with Gasteiger partial charge in [0.05, 0.1) is 12.1 Å². The fourth-order valence-corrected chi connectivity index (χ4v) is 3.03. The minimum Gasteiger partial charge on any atom is -0.350 e. The van der Waals surface area contributed by atoms with Crippen LogP contribution in [0.2, 0.25) is 0 Å². The van der Waals surface area contributed by atoms with Crippen LogP contribution in [0.15, 0.2) is 30.3 Å². The molecular weight excluding hydrogens is 262 g/mol. The van der Waals surface area contributed by atoms with Crippen molar-refractivity contribution in [2.75, 3.05) is 13.6 Å². The Hall–Kier alpha value is -1.39. The summed E-state index contributed by atoms with van der Waals surface area (Å²) in [6.45, 7) is 5.08. The number of hydrogen-bond donors (Lipinski definition) is 2. The van der Waals surface area contributed by atoms with Gasteiger partial charge in [-0.3, -0.25) is 9.69 Å².